The first kappa shape index (κ1) is 18.6. The number of carbonyl (C=O) groups is 1. The summed E-state index contributed by atoms with van der Waals surface area (Å²) in [5, 5.41) is 11.8. The number of hydrogen-bond donors (Lipinski definition) is 2. The molecule has 0 saturated heterocycles. The molecule has 6 nitrogen and oxygen atoms in total. The molecule has 0 spiro atoms. The summed E-state index contributed by atoms with van der Waals surface area (Å²) >= 11 is 0. The van der Waals surface area contributed by atoms with Gasteiger partial charge < -0.3 is 5.11 Å². The molecule has 0 heterocycles. The molecule has 0 aromatic heterocycles. The average Bonchev–Trinajstić information content (AvgIpc) is 2.22. The van der Waals surface area contributed by atoms with Crippen molar-refractivity contribution in [1.29, 1.82) is 0 Å². The monoisotopic (exact) mass is 295 g/mol. The Kier molecular flexibility index (Phi) is 7.82. The second-order valence-corrected chi connectivity index (χ2v) is 6.81. The molecule has 2 atom stereocenters. The topological polar surface area (TPSA) is 84.9 Å². The van der Waals surface area contributed by atoms with E-state index in [1.165, 1.54) is 0 Å². The summed E-state index contributed by atoms with van der Waals surface area (Å²) in [6, 6.07) is -0.965. The molecular weight excluding hydrogens is 269 g/mol. The predicted molar refractivity (Wildman–Crippen MR) is 74.1 cm³/mol. The van der Waals surface area contributed by atoms with Gasteiger partial charge in [-0.3, -0.25) is 13.8 Å². The van der Waals surface area contributed by atoms with Crippen LogP contribution >= 0.6 is 7.75 Å². The Labute approximate surface area is 115 Å². The second-order valence-electron chi connectivity index (χ2n) is 5.14. The van der Waals surface area contributed by atoms with Crippen LogP contribution in [0.5, 0.6) is 0 Å². The Morgan fingerprint density at radius 1 is 1.16 bits per heavy atom. The van der Waals surface area contributed by atoms with E-state index in [2.05, 4.69) is 5.09 Å². The minimum Gasteiger partial charge on any atom is -0.480 e. The SMILES string of the molecule is CC[C@H](C)[C@H](NP(=O)(OC(C)C)OC(C)C)C(=O)O. The molecule has 0 amide bonds. The largest absolute Gasteiger partial charge is 0.480 e. The Hall–Kier alpha value is -0.420. The third-order valence-corrected chi connectivity index (χ3v) is 4.47. The number of aliphatic carboxylic acids is 1. The maximum Gasteiger partial charge on any atom is 0.406 e. The third-order valence-electron chi connectivity index (χ3n) is 2.48. The molecule has 7 heteroatoms. The smallest absolute Gasteiger partial charge is 0.406 e. The molecule has 0 rings (SSSR count). The molecule has 0 aromatic rings. The minimum absolute atomic E-state index is 0.183. The van der Waals surface area contributed by atoms with E-state index < -0.39 is 19.8 Å². The first-order valence-corrected chi connectivity index (χ1v) is 8.13. The molecule has 0 bridgehead atoms. The van der Waals surface area contributed by atoms with Crippen LogP contribution in [0.25, 0.3) is 0 Å². The van der Waals surface area contributed by atoms with Crippen molar-refractivity contribution in [3.8, 4) is 0 Å². The van der Waals surface area contributed by atoms with Crippen molar-refractivity contribution < 1.29 is 23.5 Å². The van der Waals surface area contributed by atoms with E-state index in [0.29, 0.717) is 6.42 Å². The zero-order chi connectivity index (χ0) is 15.2. The molecule has 0 saturated carbocycles. The number of rotatable bonds is 9. The van der Waals surface area contributed by atoms with Crippen LogP contribution in [-0.4, -0.2) is 29.3 Å². The van der Waals surface area contributed by atoms with Crippen LogP contribution in [0.1, 0.15) is 48.0 Å². The minimum atomic E-state index is -3.64. The third kappa shape index (κ3) is 7.06. The van der Waals surface area contributed by atoms with E-state index in [1.54, 1.807) is 34.6 Å². The quantitative estimate of drug-likeness (QED) is 0.636. The standard InChI is InChI=1S/C12H26NO5P/c1-7-10(6)11(12(14)15)13-19(16,17-8(2)3)18-9(4)5/h8-11H,7H2,1-6H3,(H,13,16)(H,14,15)/t10-,11-/m0/s1. The van der Waals surface area contributed by atoms with E-state index in [1.807, 2.05) is 6.92 Å². The van der Waals surface area contributed by atoms with Gasteiger partial charge in [0.1, 0.15) is 6.04 Å². The lowest BCUT2D eigenvalue weighted by Crippen LogP contribution is -2.41. The lowest BCUT2D eigenvalue weighted by Gasteiger charge is -2.28. The van der Waals surface area contributed by atoms with Crippen LogP contribution in [0.3, 0.4) is 0 Å². The summed E-state index contributed by atoms with van der Waals surface area (Å²) in [5.41, 5.74) is 0. The molecule has 0 aliphatic rings. The van der Waals surface area contributed by atoms with E-state index in [-0.39, 0.29) is 18.1 Å². The van der Waals surface area contributed by atoms with E-state index in [0.717, 1.165) is 0 Å². The molecule has 0 unspecified atom stereocenters. The van der Waals surface area contributed by atoms with Crippen LogP contribution in [0.2, 0.25) is 0 Å². The Morgan fingerprint density at radius 3 is 1.84 bits per heavy atom. The fourth-order valence-corrected chi connectivity index (χ4v) is 3.46. The van der Waals surface area contributed by atoms with Crippen molar-refractivity contribution >= 4 is 13.7 Å². The summed E-state index contributed by atoms with van der Waals surface area (Å²) in [7, 11) is -3.64. The first-order chi connectivity index (χ1) is 8.61. The van der Waals surface area contributed by atoms with Gasteiger partial charge in [-0.25, -0.2) is 9.65 Å². The number of hydrogen-bond acceptors (Lipinski definition) is 4. The van der Waals surface area contributed by atoms with Crippen LogP contribution in [0.15, 0.2) is 0 Å². The Morgan fingerprint density at radius 2 is 1.58 bits per heavy atom. The van der Waals surface area contributed by atoms with Crippen LogP contribution in [-0.2, 0) is 18.4 Å². The van der Waals surface area contributed by atoms with Gasteiger partial charge in [-0.15, -0.1) is 0 Å². The van der Waals surface area contributed by atoms with Crippen molar-refractivity contribution in [2.24, 2.45) is 5.92 Å². The summed E-state index contributed by atoms with van der Waals surface area (Å²) in [6.07, 6.45) is -0.0141. The predicted octanol–water partition coefficient (Wildman–Crippen LogP) is 3.03. The zero-order valence-electron chi connectivity index (χ0n) is 12.5. The molecule has 0 aliphatic carbocycles. The van der Waals surface area contributed by atoms with Gasteiger partial charge in [0, 0.05) is 0 Å². The number of carboxylic acid groups (broad SMARTS) is 1. The lowest BCUT2D eigenvalue weighted by molar-refractivity contribution is -0.140. The Bertz CT molecular complexity index is 318. The van der Waals surface area contributed by atoms with Crippen LogP contribution < -0.4 is 5.09 Å². The van der Waals surface area contributed by atoms with Gasteiger partial charge in [0.2, 0.25) is 0 Å². The van der Waals surface area contributed by atoms with Gasteiger partial charge in [-0.05, 0) is 33.6 Å². The van der Waals surface area contributed by atoms with Crippen molar-refractivity contribution in [2.75, 3.05) is 0 Å². The normalized spacial score (nSPS) is 15.8. The highest BCUT2D eigenvalue weighted by atomic mass is 31.2. The fraction of sp³-hybridized carbons (Fsp3) is 0.917. The number of carboxylic acids is 1. The first-order valence-electron chi connectivity index (χ1n) is 6.58. The summed E-state index contributed by atoms with van der Waals surface area (Å²) in [5.74, 6) is -1.24. The van der Waals surface area contributed by atoms with Crippen molar-refractivity contribution in [1.82, 2.24) is 5.09 Å². The molecule has 0 fully saturated rings. The van der Waals surface area contributed by atoms with E-state index in [4.69, 9.17) is 9.05 Å². The van der Waals surface area contributed by atoms with Gasteiger partial charge in [0.25, 0.3) is 0 Å². The second kappa shape index (κ2) is 8.00. The van der Waals surface area contributed by atoms with E-state index >= 15 is 0 Å². The lowest BCUT2D eigenvalue weighted by atomic mass is 10.0. The maximum absolute atomic E-state index is 12.6. The molecule has 0 radical (unpaired) electrons. The summed E-state index contributed by atoms with van der Waals surface area (Å²) in [6.45, 7) is 10.5. The highest BCUT2D eigenvalue weighted by molar-refractivity contribution is 7.51. The molecule has 19 heavy (non-hydrogen) atoms. The molecular formula is C12H26NO5P. The highest BCUT2D eigenvalue weighted by Crippen LogP contribution is 2.47. The average molecular weight is 295 g/mol. The van der Waals surface area contributed by atoms with Crippen molar-refractivity contribution in [3.63, 3.8) is 0 Å². The molecule has 0 aliphatic heterocycles. The van der Waals surface area contributed by atoms with Crippen LogP contribution in [0, 0.1) is 5.92 Å². The van der Waals surface area contributed by atoms with Gasteiger partial charge in [0.15, 0.2) is 0 Å². The van der Waals surface area contributed by atoms with E-state index in [9.17, 15) is 14.5 Å². The molecule has 0 aromatic carbocycles. The van der Waals surface area contributed by atoms with Crippen molar-refractivity contribution in [3.05, 3.63) is 0 Å². The van der Waals surface area contributed by atoms with Crippen molar-refractivity contribution in [2.45, 2.75) is 66.2 Å². The maximum atomic E-state index is 12.6. The highest BCUT2D eigenvalue weighted by Gasteiger charge is 2.36. The Balaban J connectivity index is 5.05. The van der Waals surface area contributed by atoms with Gasteiger partial charge >= 0.3 is 13.7 Å². The molecule has 2 N–H and O–H groups in total. The van der Waals surface area contributed by atoms with Crippen LogP contribution in [0.4, 0.5) is 0 Å². The van der Waals surface area contributed by atoms with Gasteiger partial charge in [0.05, 0.1) is 12.2 Å². The summed E-state index contributed by atoms with van der Waals surface area (Å²) < 4.78 is 23.1. The van der Waals surface area contributed by atoms with Gasteiger partial charge in [-0.1, -0.05) is 20.3 Å². The van der Waals surface area contributed by atoms with Gasteiger partial charge in [-0.2, -0.15) is 0 Å². The number of nitrogens with one attached hydrogen (secondary N) is 1. The zero-order valence-corrected chi connectivity index (χ0v) is 13.4. The molecule has 114 valence electrons. The summed E-state index contributed by atoms with van der Waals surface area (Å²) in [4.78, 5) is 11.3. The fourth-order valence-electron chi connectivity index (χ4n) is 1.47.